The molecule has 1 N–H and O–H groups in total. The molecule has 0 radical (unpaired) electrons. The first-order chi connectivity index (χ1) is 17.3. The average molecular weight is 525 g/mol. The van der Waals surface area contributed by atoms with Crippen LogP contribution in [0, 0.1) is 0 Å². The lowest BCUT2D eigenvalue weighted by atomic mass is 10.1. The monoisotopic (exact) mass is 524 g/mol. The Labute approximate surface area is 216 Å². The fourth-order valence-corrected chi connectivity index (χ4v) is 3.89. The van der Waals surface area contributed by atoms with E-state index in [2.05, 4.69) is 10.1 Å². The van der Waals surface area contributed by atoms with Gasteiger partial charge in [-0.25, -0.2) is 14.5 Å². The summed E-state index contributed by atoms with van der Waals surface area (Å²) in [5, 5.41) is 3.00. The van der Waals surface area contributed by atoms with Crippen molar-refractivity contribution in [3.8, 4) is 5.75 Å². The van der Waals surface area contributed by atoms with Crippen LogP contribution in [-0.4, -0.2) is 30.9 Å². The Balaban J connectivity index is 1.55. The summed E-state index contributed by atoms with van der Waals surface area (Å²) >= 11 is 12.3. The normalized spacial score (nSPS) is 14.6. The van der Waals surface area contributed by atoms with E-state index in [0.29, 0.717) is 16.3 Å². The first-order valence-corrected chi connectivity index (χ1v) is 11.3. The fraction of sp³-hybridized carbons (Fsp3) is 0.0769. The number of carbonyl (C=O) groups excluding carboxylic acids is 4. The topological polar surface area (TPSA) is 102 Å². The molecular weight excluding hydrogens is 507 g/mol. The highest BCUT2D eigenvalue weighted by atomic mass is 35.5. The van der Waals surface area contributed by atoms with Crippen LogP contribution in [0.1, 0.15) is 21.5 Å². The van der Waals surface area contributed by atoms with Gasteiger partial charge in [-0.05, 0) is 65.7 Å². The average Bonchev–Trinajstić information content (AvgIpc) is 2.86. The Kier molecular flexibility index (Phi) is 7.38. The number of carbonyl (C=O) groups is 4. The predicted octanol–water partition coefficient (Wildman–Crippen LogP) is 5.03. The van der Waals surface area contributed by atoms with E-state index in [-0.39, 0.29) is 28.5 Å². The quantitative estimate of drug-likeness (QED) is 0.275. The van der Waals surface area contributed by atoms with Crippen LogP contribution in [0.3, 0.4) is 0 Å². The van der Waals surface area contributed by atoms with Gasteiger partial charge in [-0.15, -0.1) is 0 Å². The zero-order valence-corrected chi connectivity index (χ0v) is 20.3. The van der Waals surface area contributed by atoms with Crippen molar-refractivity contribution in [2.24, 2.45) is 0 Å². The number of nitrogens with zero attached hydrogens (tertiary/aromatic N) is 1. The minimum absolute atomic E-state index is 0.173. The molecule has 0 bridgehead atoms. The maximum Gasteiger partial charge on any atom is 0.337 e. The molecule has 36 heavy (non-hydrogen) atoms. The van der Waals surface area contributed by atoms with Gasteiger partial charge in [-0.3, -0.25) is 14.9 Å². The Morgan fingerprint density at radius 3 is 2.42 bits per heavy atom. The number of halogens is 2. The van der Waals surface area contributed by atoms with Crippen LogP contribution in [0.5, 0.6) is 5.75 Å². The van der Waals surface area contributed by atoms with Crippen LogP contribution >= 0.6 is 23.2 Å². The number of nitrogens with one attached hydrogen (secondary N) is 1. The third-order valence-corrected chi connectivity index (χ3v) is 5.73. The van der Waals surface area contributed by atoms with Gasteiger partial charge in [0.25, 0.3) is 11.8 Å². The first-order valence-electron chi connectivity index (χ1n) is 10.5. The molecule has 1 aliphatic heterocycles. The molecule has 3 aromatic rings. The van der Waals surface area contributed by atoms with Crippen LogP contribution in [0.4, 0.5) is 10.5 Å². The Morgan fingerprint density at radius 1 is 1.00 bits per heavy atom. The summed E-state index contributed by atoms with van der Waals surface area (Å²) in [7, 11) is 1.24. The highest BCUT2D eigenvalue weighted by Crippen LogP contribution is 2.29. The van der Waals surface area contributed by atoms with Gasteiger partial charge in [-0.2, -0.15) is 0 Å². The van der Waals surface area contributed by atoms with Crippen molar-refractivity contribution in [2.45, 2.75) is 6.61 Å². The summed E-state index contributed by atoms with van der Waals surface area (Å²) in [6.07, 6.45) is 1.33. The Morgan fingerprint density at radius 2 is 1.75 bits per heavy atom. The largest absolute Gasteiger partial charge is 0.487 e. The number of anilines is 1. The second-order valence-electron chi connectivity index (χ2n) is 7.60. The summed E-state index contributed by atoms with van der Waals surface area (Å²) < 4.78 is 10.4. The van der Waals surface area contributed by atoms with Crippen molar-refractivity contribution in [2.75, 3.05) is 12.0 Å². The van der Waals surface area contributed by atoms with E-state index in [1.54, 1.807) is 24.3 Å². The zero-order chi connectivity index (χ0) is 25.8. The van der Waals surface area contributed by atoms with E-state index in [4.69, 9.17) is 27.9 Å². The molecule has 1 aliphatic rings. The SMILES string of the molecule is COC(=O)c1ccc(N2C(=O)NC(=O)/C(=C\c3ccc(OCc4cccc(Cl)c4)c(Cl)c3)C2=O)cc1. The van der Waals surface area contributed by atoms with Crippen LogP contribution in [0.2, 0.25) is 10.0 Å². The molecule has 3 aromatic carbocycles. The third kappa shape index (κ3) is 5.40. The number of rotatable bonds is 6. The molecule has 1 fully saturated rings. The highest BCUT2D eigenvalue weighted by Gasteiger charge is 2.36. The number of ether oxygens (including phenoxy) is 2. The van der Waals surface area contributed by atoms with Gasteiger partial charge in [0.1, 0.15) is 17.9 Å². The number of urea groups is 1. The van der Waals surface area contributed by atoms with Crippen LogP contribution < -0.4 is 15.0 Å². The number of benzene rings is 3. The zero-order valence-electron chi connectivity index (χ0n) is 18.8. The lowest BCUT2D eigenvalue weighted by Crippen LogP contribution is -2.54. The molecule has 0 unspecified atom stereocenters. The molecule has 0 spiro atoms. The number of hydrogen-bond acceptors (Lipinski definition) is 6. The van der Waals surface area contributed by atoms with Crippen molar-refractivity contribution in [3.05, 3.63) is 99.0 Å². The summed E-state index contributed by atoms with van der Waals surface area (Å²) in [5.74, 6) is -1.83. The fourth-order valence-electron chi connectivity index (χ4n) is 3.43. The molecular formula is C26H18Cl2N2O6. The van der Waals surface area contributed by atoms with Crippen LogP contribution in [0.25, 0.3) is 6.08 Å². The van der Waals surface area contributed by atoms with Crippen molar-refractivity contribution < 1.29 is 28.7 Å². The molecule has 0 atom stereocenters. The molecule has 0 saturated carbocycles. The number of hydrogen-bond donors (Lipinski definition) is 1. The Bertz CT molecular complexity index is 1400. The first kappa shape index (κ1) is 25.0. The van der Waals surface area contributed by atoms with Gasteiger partial charge in [-0.1, -0.05) is 41.4 Å². The summed E-state index contributed by atoms with van der Waals surface area (Å²) in [5.41, 5.74) is 1.45. The van der Waals surface area contributed by atoms with Crippen molar-refractivity contribution in [1.82, 2.24) is 5.32 Å². The molecule has 0 aliphatic carbocycles. The number of imide groups is 2. The number of methoxy groups -OCH3 is 1. The van der Waals surface area contributed by atoms with E-state index >= 15 is 0 Å². The Hall–Kier alpha value is -4.14. The van der Waals surface area contributed by atoms with E-state index in [1.807, 2.05) is 12.1 Å². The molecule has 0 aromatic heterocycles. The van der Waals surface area contributed by atoms with E-state index in [0.717, 1.165) is 10.5 Å². The van der Waals surface area contributed by atoms with Gasteiger partial charge >= 0.3 is 12.0 Å². The molecule has 1 heterocycles. The number of esters is 1. The lowest BCUT2D eigenvalue weighted by molar-refractivity contribution is -0.122. The predicted molar refractivity (Wildman–Crippen MR) is 134 cm³/mol. The maximum absolute atomic E-state index is 13.1. The van der Waals surface area contributed by atoms with E-state index in [1.165, 1.54) is 43.5 Å². The lowest BCUT2D eigenvalue weighted by Gasteiger charge is -2.26. The van der Waals surface area contributed by atoms with Gasteiger partial charge in [0.05, 0.1) is 23.4 Å². The molecule has 4 rings (SSSR count). The van der Waals surface area contributed by atoms with Gasteiger partial charge < -0.3 is 9.47 Å². The molecule has 10 heteroatoms. The maximum atomic E-state index is 13.1. The molecule has 1 saturated heterocycles. The van der Waals surface area contributed by atoms with Crippen LogP contribution in [-0.2, 0) is 20.9 Å². The molecule has 4 amide bonds. The second-order valence-corrected chi connectivity index (χ2v) is 8.45. The van der Waals surface area contributed by atoms with Gasteiger partial charge in [0.15, 0.2) is 0 Å². The van der Waals surface area contributed by atoms with Crippen molar-refractivity contribution >= 4 is 58.8 Å². The molecule has 182 valence electrons. The third-order valence-electron chi connectivity index (χ3n) is 5.20. The smallest absolute Gasteiger partial charge is 0.337 e. The highest BCUT2D eigenvalue weighted by molar-refractivity contribution is 6.39. The number of barbiturate groups is 1. The standard InChI is InChI=1S/C26H18Cl2N2O6/c1-35-25(33)17-6-8-19(9-7-17)30-24(32)20(23(31)29-26(30)34)12-15-5-10-22(21(28)13-15)36-14-16-3-2-4-18(27)11-16/h2-13H,14H2,1H3,(H,29,31,34)/b20-12+. The van der Waals surface area contributed by atoms with Crippen molar-refractivity contribution in [3.63, 3.8) is 0 Å². The van der Waals surface area contributed by atoms with Gasteiger partial charge in [0.2, 0.25) is 0 Å². The molecule has 8 nitrogen and oxygen atoms in total. The van der Waals surface area contributed by atoms with Crippen molar-refractivity contribution in [1.29, 1.82) is 0 Å². The van der Waals surface area contributed by atoms with Gasteiger partial charge in [0, 0.05) is 5.02 Å². The summed E-state index contributed by atoms with van der Waals surface area (Å²) in [6.45, 7) is 0.243. The number of amides is 4. The minimum Gasteiger partial charge on any atom is -0.487 e. The van der Waals surface area contributed by atoms with E-state index < -0.39 is 23.8 Å². The second kappa shape index (κ2) is 10.6. The minimum atomic E-state index is -0.907. The summed E-state index contributed by atoms with van der Waals surface area (Å²) in [4.78, 5) is 50.4. The van der Waals surface area contributed by atoms with E-state index in [9.17, 15) is 19.2 Å². The van der Waals surface area contributed by atoms with Crippen LogP contribution in [0.15, 0.2) is 72.3 Å². The summed E-state index contributed by atoms with van der Waals surface area (Å²) in [6, 6.07) is 16.7.